The predicted molar refractivity (Wildman–Crippen MR) is 89.8 cm³/mol. The number of hydrogen-bond donors (Lipinski definition) is 0. The number of halogens is 1. The fourth-order valence-electron chi connectivity index (χ4n) is 2.18. The number of benzene rings is 1. The Hall–Kier alpha value is -1.29. The van der Waals surface area contributed by atoms with Crippen LogP contribution in [0, 0.1) is 0 Å². The van der Waals surface area contributed by atoms with E-state index in [1.807, 2.05) is 23.9 Å². The predicted octanol–water partition coefficient (Wildman–Crippen LogP) is 4.62. The maximum absolute atomic E-state index is 5.89. The molecule has 1 aromatic heterocycles. The lowest BCUT2D eigenvalue weighted by atomic mass is 9.87. The highest BCUT2D eigenvalue weighted by molar-refractivity contribution is 9.10. The molecule has 0 aliphatic rings. The van der Waals surface area contributed by atoms with Crippen molar-refractivity contribution in [3.8, 4) is 5.75 Å². The number of ether oxygens (including phenoxy) is 1. The maximum atomic E-state index is 5.89. The second-order valence-electron chi connectivity index (χ2n) is 6.25. The van der Waals surface area contributed by atoms with Crippen LogP contribution in [0.15, 0.2) is 28.7 Å². The van der Waals surface area contributed by atoms with Crippen LogP contribution in [0.3, 0.4) is 0 Å². The van der Waals surface area contributed by atoms with E-state index in [4.69, 9.17) is 4.74 Å². The van der Waals surface area contributed by atoms with Gasteiger partial charge in [-0.25, -0.2) is 0 Å². The summed E-state index contributed by atoms with van der Waals surface area (Å²) in [5.74, 6) is 0.883. The van der Waals surface area contributed by atoms with E-state index in [2.05, 4.69) is 60.9 Å². The summed E-state index contributed by atoms with van der Waals surface area (Å²) in [5.41, 5.74) is 3.61. The molecule has 0 radical (unpaired) electrons. The molecule has 4 heteroatoms. The second-order valence-corrected chi connectivity index (χ2v) is 7.04. The van der Waals surface area contributed by atoms with E-state index < -0.39 is 0 Å². The van der Waals surface area contributed by atoms with Crippen LogP contribution < -0.4 is 4.74 Å². The van der Waals surface area contributed by atoms with Gasteiger partial charge in [-0.2, -0.15) is 5.10 Å². The SMILES string of the molecule is CCc1nn(C)c(COc2ccc(C(C)(C)C)cc2)c1Br. The van der Waals surface area contributed by atoms with Gasteiger partial charge in [0, 0.05) is 7.05 Å². The van der Waals surface area contributed by atoms with Crippen LogP contribution in [-0.2, 0) is 25.5 Å². The van der Waals surface area contributed by atoms with Gasteiger partial charge < -0.3 is 4.74 Å². The molecule has 0 amide bonds. The third-order valence-electron chi connectivity index (χ3n) is 3.60. The minimum atomic E-state index is 0.166. The fraction of sp³-hybridized carbons (Fsp3) is 0.471. The highest BCUT2D eigenvalue weighted by Crippen LogP contribution is 2.26. The Morgan fingerprint density at radius 3 is 2.29 bits per heavy atom. The molecule has 0 spiro atoms. The van der Waals surface area contributed by atoms with Gasteiger partial charge in [0.15, 0.2) is 0 Å². The van der Waals surface area contributed by atoms with Crippen molar-refractivity contribution in [1.29, 1.82) is 0 Å². The van der Waals surface area contributed by atoms with Crippen molar-refractivity contribution in [2.24, 2.45) is 7.05 Å². The van der Waals surface area contributed by atoms with E-state index in [0.29, 0.717) is 6.61 Å². The van der Waals surface area contributed by atoms with Gasteiger partial charge >= 0.3 is 0 Å². The summed E-state index contributed by atoms with van der Waals surface area (Å²) in [4.78, 5) is 0. The Morgan fingerprint density at radius 1 is 1.19 bits per heavy atom. The molecular formula is C17H23BrN2O. The van der Waals surface area contributed by atoms with Crippen molar-refractivity contribution in [3.05, 3.63) is 45.7 Å². The number of rotatable bonds is 4. The zero-order valence-corrected chi connectivity index (χ0v) is 15.0. The van der Waals surface area contributed by atoms with E-state index in [1.54, 1.807) is 0 Å². The first-order valence-corrected chi connectivity index (χ1v) is 8.05. The van der Waals surface area contributed by atoms with Crippen LogP contribution in [0.1, 0.15) is 44.6 Å². The van der Waals surface area contributed by atoms with Gasteiger partial charge in [-0.1, -0.05) is 39.8 Å². The lowest BCUT2D eigenvalue weighted by Gasteiger charge is -2.19. The monoisotopic (exact) mass is 350 g/mol. The molecule has 1 aromatic carbocycles. The lowest BCUT2D eigenvalue weighted by Crippen LogP contribution is -2.10. The van der Waals surface area contributed by atoms with Crippen LogP contribution in [0.4, 0.5) is 0 Å². The van der Waals surface area contributed by atoms with Crippen molar-refractivity contribution in [2.75, 3.05) is 0 Å². The molecule has 21 heavy (non-hydrogen) atoms. The first-order valence-electron chi connectivity index (χ1n) is 7.26. The smallest absolute Gasteiger partial charge is 0.131 e. The molecule has 0 bridgehead atoms. The van der Waals surface area contributed by atoms with Gasteiger partial charge in [0.2, 0.25) is 0 Å². The van der Waals surface area contributed by atoms with E-state index in [9.17, 15) is 0 Å². The zero-order chi connectivity index (χ0) is 15.6. The topological polar surface area (TPSA) is 27.1 Å². The number of nitrogens with zero attached hydrogens (tertiary/aromatic N) is 2. The third-order valence-corrected chi connectivity index (χ3v) is 4.51. The molecular weight excluding hydrogens is 328 g/mol. The highest BCUT2D eigenvalue weighted by Gasteiger charge is 2.14. The van der Waals surface area contributed by atoms with Crippen molar-refractivity contribution in [3.63, 3.8) is 0 Å². The molecule has 3 nitrogen and oxygen atoms in total. The van der Waals surface area contributed by atoms with Gasteiger partial charge in [-0.05, 0) is 45.5 Å². The molecule has 2 rings (SSSR count). The molecule has 0 atom stereocenters. The summed E-state index contributed by atoms with van der Waals surface area (Å²) in [6, 6.07) is 8.33. The van der Waals surface area contributed by atoms with E-state index >= 15 is 0 Å². The quantitative estimate of drug-likeness (QED) is 0.804. The van der Waals surface area contributed by atoms with E-state index in [0.717, 1.165) is 28.0 Å². The molecule has 114 valence electrons. The number of aryl methyl sites for hydroxylation is 2. The molecule has 0 saturated heterocycles. The summed E-state index contributed by atoms with van der Waals surface area (Å²) in [5, 5.41) is 4.48. The molecule has 0 fully saturated rings. The van der Waals surface area contributed by atoms with E-state index in [-0.39, 0.29) is 5.41 Å². The Bertz CT molecular complexity index is 609. The first-order chi connectivity index (χ1) is 9.82. The van der Waals surface area contributed by atoms with Crippen molar-refractivity contribution in [2.45, 2.75) is 46.1 Å². The molecule has 0 aliphatic carbocycles. The van der Waals surface area contributed by atoms with Crippen molar-refractivity contribution < 1.29 is 4.74 Å². The van der Waals surface area contributed by atoms with Crippen molar-refractivity contribution >= 4 is 15.9 Å². The maximum Gasteiger partial charge on any atom is 0.131 e. The number of aromatic nitrogens is 2. The molecule has 1 heterocycles. The zero-order valence-electron chi connectivity index (χ0n) is 13.4. The summed E-state index contributed by atoms with van der Waals surface area (Å²) >= 11 is 3.61. The van der Waals surface area contributed by atoms with Gasteiger partial charge in [-0.15, -0.1) is 0 Å². The van der Waals surface area contributed by atoms with Gasteiger partial charge in [0.1, 0.15) is 12.4 Å². The van der Waals surface area contributed by atoms with Gasteiger partial charge in [-0.3, -0.25) is 4.68 Å². The summed E-state index contributed by atoms with van der Waals surface area (Å²) in [7, 11) is 1.95. The second kappa shape index (κ2) is 6.22. The summed E-state index contributed by atoms with van der Waals surface area (Å²) < 4.78 is 8.82. The normalized spacial score (nSPS) is 11.7. The van der Waals surface area contributed by atoms with Crippen LogP contribution in [0.25, 0.3) is 0 Å². The Labute approximate surface area is 135 Å². The summed E-state index contributed by atoms with van der Waals surface area (Å²) in [6.45, 7) is 9.24. The molecule has 0 N–H and O–H groups in total. The Balaban J connectivity index is 2.08. The average molecular weight is 351 g/mol. The largest absolute Gasteiger partial charge is 0.487 e. The standard InChI is InChI=1S/C17H23BrN2O/c1-6-14-16(18)15(20(5)19-14)11-21-13-9-7-12(8-10-13)17(2,3)4/h7-10H,6,11H2,1-5H3. The molecule has 0 unspecified atom stereocenters. The first kappa shape index (κ1) is 16.1. The van der Waals surface area contributed by atoms with Gasteiger partial charge in [0.25, 0.3) is 0 Å². The molecule has 2 aromatic rings. The van der Waals surface area contributed by atoms with Crippen LogP contribution in [0.5, 0.6) is 5.75 Å². The average Bonchev–Trinajstić information content (AvgIpc) is 2.70. The van der Waals surface area contributed by atoms with Crippen molar-refractivity contribution in [1.82, 2.24) is 9.78 Å². The minimum absolute atomic E-state index is 0.166. The fourth-order valence-corrected chi connectivity index (χ4v) is 2.91. The van der Waals surface area contributed by atoms with Crippen LogP contribution in [0.2, 0.25) is 0 Å². The third kappa shape index (κ3) is 3.67. The number of hydrogen-bond acceptors (Lipinski definition) is 2. The lowest BCUT2D eigenvalue weighted by molar-refractivity contribution is 0.294. The summed E-state index contributed by atoms with van der Waals surface area (Å²) in [6.07, 6.45) is 0.911. The van der Waals surface area contributed by atoms with E-state index in [1.165, 1.54) is 5.56 Å². The van der Waals surface area contributed by atoms with Gasteiger partial charge in [0.05, 0.1) is 15.9 Å². The Morgan fingerprint density at radius 2 is 1.81 bits per heavy atom. The molecule has 0 saturated carbocycles. The minimum Gasteiger partial charge on any atom is -0.487 e. The molecule has 0 aliphatic heterocycles. The van der Waals surface area contributed by atoms with Crippen LogP contribution >= 0.6 is 15.9 Å². The Kier molecular flexibility index (Phi) is 4.77. The van der Waals surface area contributed by atoms with Crippen LogP contribution in [-0.4, -0.2) is 9.78 Å². The highest BCUT2D eigenvalue weighted by atomic mass is 79.9.